The topological polar surface area (TPSA) is 78.9 Å². The molecule has 0 aliphatic carbocycles. The van der Waals surface area contributed by atoms with Gasteiger partial charge in [0.25, 0.3) is 0 Å². The number of hydrogen-bond acceptors (Lipinski definition) is 6. The molecule has 0 aromatic heterocycles. The molecule has 0 aromatic carbocycles. The van der Waals surface area contributed by atoms with E-state index < -0.39 is 6.10 Å². The molecule has 0 heterocycles. The Morgan fingerprint density at radius 1 is 0.333 bits per heavy atom. The fourth-order valence-electron chi connectivity index (χ4n) is 7.57. The van der Waals surface area contributed by atoms with Crippen molar-refractivity contribution in [2.24, 2.45) is 0 Å². The molecule has 0 bridgehead atoms. The summed E-state index contributed by atoms with van der Waals surface area (Å²) in [4.78, 5) is 38.0. The second kappa shape index (κ2) is 51.7. The van der Waals surface area contributed by atoms with Crippen LogP contribution in [0.25, 0.3) is 0 Å². The molecule has 0 saturated carbocycles. The van der Waals surface area contributed by atoms with E-state index >= 15 is 0 Å². The molecule has 0 radical (unpaired) electrons. The highest BCUT2D eigenvalue weighted by Crippen LogP contribution is 2.16. The fraction of sp³-hybridized carbons (Fsp3) is 0.772. The van der Waals surface area contributed by atoms with Crippen LogP contribution in [0.1, 0.15) is 265 Å². The van der Waals surface area contributed by atoms with Crippen LogP contribution < -0.4 is 0 Å². The van der Waals surface area contributed by atoms with Crippen molar-refractivity contribution in [2.75, 3.05) is 13.2 Å². The molecule has 0 saturated heterocycles. The molecule has 6 heteroatoms. The molecule has 364 valence electrons. The lowest BCUT2D eigenvalue weighted by atomic mass is 10.0. The summed E-state index contributed by atoms with van der Waals surface area (Å²) in [5, 5.41) is 0. The van der Waals surface area contributed by atoms with Crippen LogP contribution in [0.15, 0.2) is 60.8 Å². The zero-order chi connectivity index (χ0) is 45.8. The van der Waals surface area contributed by atoms with E-state index in [0.29, 0.717) is 19.3 Å². The van der Waals surface area contributed by atoms with Gasteiger partial charge < -0.3 is 14.2 Å². The summed E-state index contributed by atoms with van der Waals surface area (Å²) in [6.07, 6.45) is 63.5. The van der Waals surface area contributed by atoms with Crippen LogP contribution >= 0.6 is 0 Å². The van der Waals surface area contributed by atoms with Crippen molar-refractivity contribution < 1.29 is 28.6 Å². The first kappa shape index (κ1) is 60.1. The van der Waals surface area contributed by atoms with Crippen LogP contribution in [0.2, 0.25) is 0 Å². The third-order valence-corrected chi connectivity index (χ3v) is 11.6. The van der Waals surface area contributed by atoms with E-state index in [-0.39, 0.29) is 31.1 Å². The maximum Gasteiger partial charge on any atom is 0.306 e. The number of ether oxygens (including phenoxy) is 3. The van der Waals surface area contributed by atoms with E-state index in [4.69, 9.17) is 14.2 Å². The van der Waals surface area contributed by atoms with Crippen molar-refractivity contribution in [1.29, 1.82) is 0 Å². The van der Waals surface area contributed by atoms with Gasteiger partial charge in [0.15, 0.2) is 6.10 Å². The molecule has 0 aliphatic heterocycles. The average molecular weight is 881 g/mol. The summed E-state index contributed by atoms with van der Waals surface area (Å²) >= 11 is 0. The van der Waals surface area contributed by atoms with E-state index in [1.807, 2.05) is 30.4 Å². The Morgan fingerprint density at radius 2 is 0.635 bits per heavy atom. The van der Waals surface area contributed by atoms with Crippen molar-refractivity contribution in [3.63, 3.8) is 0 Å². The third-order valence-electron chi connectivity index (χ3n) is 11.6. The van der Waals surface area contributed by atoms with Crippen molar-refractivity contribution >= 4 is 17.9 Å². The highest BCUT2D eigenvalue weighted by atomic mass is 16.6. The average Bonchev–Trinajstić information content (AvgIpc) is 3.28. The number of carbonyl (C=O) groups excluding carboxylic acids is 3. The summed E-state index contributed by atoms with van der Waals surface area (Å²) in [5.41, 5.74) is 0. The van der Waals surface area contributed by atoms with E-state index in [2.05, 4.69) is 51.2 Å². The van der Waals surface area contributed by atoms with Gasteiger partial charge in [-0.3, -0.25) is 14.4 Å². The van der Waals surface area contributed by atoms with Crippen LogP contribution in [0.4, 0.5) is 0 Å². The van der Waals surface area contributed by atoms with Crippen LogP contribution in [0, 0.1) is 0 Å². The third kappa shape index (κ3) is 50.0. The van der Waals surface area contributed by atoms with Gasteiger partial charge in [-0.2, -0.15) is 0 Å². The smallest absolute Gasteiger partial charge is 0.306 e. The van der Waals surface area contributed by atoms with E-state index in [1.54, 1.807) is 0 Å². The summed E-state index contributed by atoms with van der Waals surface area (Å²) in [5.74, 6) is -0.924. The lowest BCUT2D eigenvalue weighted by Crippen LogP contribution is -2.30. The van der Waals surface area contributed by atoms with Gasteiger partial charge in [0.05, 0.1) is 0 Å². The van der Waals surface area contributed by atoms with Gasteiger partial charge in [-0.1, -0.05) is 242 Å². The summed E-state index contributed by atoms with van der Waals surface area (Å²) in [7, 11) is 0. The van der Waals surface area contributed by atoms with Crippen LogP contribution in [0.3, 0.4) is 0 Å². The maximum atomic E-state index is 12.8. The molecule has 0 fully saturated rings. The van der Waals surface area contributed by atoms with Gasteiger partial charge in [0.2, 0.25) is 0 Å². The summed E-state index contributed by atoms with van der Waals surface area (Å²) in [6, 6.07) is 0. The second-order valence-electron chi connectivity index (χ2n) is 17.9. The molecule has 0 rings (SSSR count). The molecule has 0 aromatic rings. The predicted octanol–water partition coefficient (Wildman–Crippen LogP) is 17.6. The summed E-state index contributed by atoms with van der Waals surface area (Å²) < 4.78 is 16.8. The molecular weight excluding hydrogens is 781 g/mol. The monoisotopic (exact) mass is 881 g/mol. The van der Waals surface area contributed by atoms with E-state index in [0.717, 1.165) is 70.6 Å². The maximum absolute atomic E-state index is 12.8. The van der Waals surface area contributed by atoms with E-state index in [9.17, 15) is 14.4 Å². The lowest BCUT2D eigenvalue weighted by Gasteiger charge is -2.18. The van der Waals surface area contributed by atoms with Gasteiger partial charge in [-0.25, -0.2) is 0 Å². The first-order valence-electron chi connectivity index (χ1n) is 26.8. The molecule has 0 amide bonds. The lowest BCUT2D eigenvalue weighted by molar-refractivity contribution is -0.167. The Morgan fingerprint density at radius 3 is 1.05 bits per heavy atom. The first-order chi connectivity index (χ1) is 31.0. The fourth-order valence-corrected chi connectivity index (χ4v) is 7.57. The quantitative estimate of drug-likeness (QED) is 0.0199. The highest BCUT2D eigenvalue weighted by Gasteiger charge is 2.19. The number of rotatable bonds is 48. The molecular formula is C57H100O6. The minimum atomic E-state index is -0.790. The second-order valence-corrected chi connectivity index (χ2v) is 17.9. The number of allylic oxidation sites excluding steroid dienone is 10. The van der Waals surface area contributed by atoms with Gasteiger partial charge >= 0.3 is 17.9 Å². The van der Waals surface area contributed by atoms with Gasteiger partial charge in [0, 0.05) is 19.3 Å². The van der Waals surface area contributed by atoms with Crippen molar-refractivity contribution in [3.05, 3.63) is 60.8 Å². The van der Waals surface area contributed by atoms with Crippen molar-refractivity contribution in [1.82, 2.24) is 0 Å². The molecule has 1 atom stereocenters. The normalized spacial score (nSPS) is 12.5. The molecule has 1 unspecified atom stereocenters. The van der Waals surface area contributed by atoms with Crippen molar-refractivity contribution in [3.8, 4) is 0 Å². The number of hydrogen-bond donors (Lipinski definition) is 0. The molecule has 63 heavy (non-hydrogen) atoms. The zero-order valence-corrected chi connectivity index (χ0v) is 41.6. The number of esters is 3. The van der Waals surface area contributed by atoms with Crippen molar-refractivity contribution in [2.45, 2.75) is 271 Å². The Bertz CT molecular complexity index is 1150. The Balaban J connectivity index is 4.39. The minimum Gasteiger partial charge on any atom is -0.462 e. The number of carbonyl (C=O) groups is 3. The molecule has 6 nitrogen and oxygen atoms in total. The largest absolute Gasteiger partial charge is 0.462 e. The zero-order valence-electron chi connectivity index (χ0n) is 41.6. The Labute approximate surface area is 390 Å². The Kier molecular flexibility index (Phi) is 49.4. The van der Waals surface area contributed by atoms with Gasteiger partial charge in [-0.15, -0.1) is 0 Å². The molecule has 0 N–H and O–H groups in total. The Hall–Kier alpha value is -2.89. The highest BCUT2D eigenvalue weighted by molar-refractivity contribution is 5.71. The summed E-state index contributed by atoms with van der Waals surface area (Å²) in [6.45, 7) is 6.47. The van der Waals surface area contributed by atoms with E-state index in [1.165, 1.54) is 154 Å². The first-order valence-corrected chi connectivity index (χ1v) is 26.8. The van der Waals surface area contributed by atoms with Crippen LogP contribution in [0.5, 0.6) is 0 Å². The minimum absolute atomic E-state index is 0.0864. The number of unbranched alkanes of at least 4 members (excludes halogenated alkanes) is 30. The van der Waals surface area contributed by atoms with Crippen LogP contribution in [-0.2, 0) is 28.6 Å². The molecule has 0 spiro atoms. The molecule has 0 aliphatic rings. The van der Waals surface area contributed by atoms with Gasteiger partial charge in [0.1, 0.15) is 13.2 Å². The SMILES string of the molecule is CC/C=C/C=C/C=C/C=C/CCCCCC(=O)OCC(COC(=O)CCCCCCCCCCCCCCCCCCC)OC(=O)CCCCCCCCC/C=C/CCCCCC. The standard InChI is InChI=1S/C57H100O6/c1-4-7-10-13-16-19-22-25-27-28-30-32-35-38-41-44-47-50-56(59)62-53-54(52-61-55(58)49-46-43-40-37-34-31-24-21-18-15-12-9-6-3)63-57(60)51-48-45-42-39-36-33-29-26-23-20-17-14-11-8-5-2/h9,12,15,18,20-21,23-24,31,34,54H,4-8,10-11,13-14,16-17,19,22,25-30,32-33,35-53H2,1-3H3/b12-9+,18-15+,23-20+,24-21+,34-31+. The van der Waals surface area contributed by atoms with Gasteiger partial charge in [-0.05, 0) is 64.2 Å². The predicted molar refractivity (Wildman–Crippen MR) is 270 cm³/mol. The van der Waals surface area contributed by atoms with Crippen LogP contribution in [-0.4, -0.2) is 37.2 Å².